The summed E-state index contributed by atoms with van der Waals surface area (Å²) in [7, 11) is 0. The molecule has 1 aliphatic heterocycles. The highest BCUT2D eigenvalue weighted by Crippen LogP contribution is 2.42. The van der Waals surface area contributed by atoms with E-state index in [1.807, 2.05) is 0 Å². The van der Waals surface area contributed by atoms with Crippen molar-refractivity contribution in [2.45, 2.75) is 25.7 Å². The van der Waals surface area contributed by atoms with Gasteiger partial charge in [0.15, 0.2) is 0 Å². The van der Waals surface area contributed by atoms with Gasteiger partial charge in [-0.05, 0) is 47.9 Å². The molecule has 1 aromatic heterocycles. The number of benzene rings is 2. The van der Waals surface area contributed by atoms with Crippen molar-refractivity contribution < 1.29 is 22.8 Å². The van der Waals surface area contributed by atoms with Gasteiger partial charge in [0.1, 0.15) is 17.7 Å². The minimum absolute atomic E-state index is 0.0606. The number of carbonyl (C=O) groups excluding carboxylic acids is 2. The van der Waals surface area contributed by atoms with Crippen LogP contribution in [0.3, 0.4) is 0 Å². The lowest BCUT2D eigenvalue weighted by Crippen LogP contribution is -2.53. The summed E-state index contributed by atoms with van der Waals surface area (Å²) in [4.78, 5) is 26.6. The molecule has 0 bridgehead atoms. The van der Waals surface area contributed by atoms with Crippen LogP contribution in [0.15, 0.2) is 48.5 Å². The lowest BCUT2D eigenvalue weighted by molar-refractivity contribution is -0.143. The number of nitrogens with zero attached hydrogens (tertiary/aromatic N) is 2. The molecule has 2 heterocycles. The molecule has 5 nitrogen and oxygen atoms in total. The molecule has 1 amide bonds. The number of hydrogen-bond donors (Lipinski definition) is 1. The zero-order valence-corrected chi connectivity index (χ0v) is 20.2. The summed E-state index contributed by atoms with van der Waals surface area (Å²) in [6.45, 7) is 1.82. The third-order valence-corrected chi connectivity index (χ3v) is 6.48. The fourth-order valence-corrected chi connectivity index (χ4v) is 4.82. The van der Waals surface area contributed by atoms with Crippen molar-refractivity contribution >= 4 is 35.4 Å². The topological polar surface area (TPSA) is 54.3 Å². The smallest absolute Gasteiger partial charge is 0.334 e. The van der Waals surface area contributed by atoms with Crippen LogP contribution in [0.4, 0.5) is 13.2 Å². The number of alkyl halides is 3. The van der Waals surface area contributed by atoms with Crippen molar-refractivity contribution in [1.82, 2.24) is 14.8 Å². The van der Waals surface area contributed by atoms with Gasteiger partial charge in [-0.15, -0.1) is 0 Å². The molecule has 0 saturated carbocycles. The van der Waals surface area contributed by atoms with Crippen molar-refractivity contribution in [1.29, 1.82) is 0 Å². The van der Waals surface area contributed by atoms with Crippen LogP contribution >= 0.6 is 23.2 Å². The van der Waals surface area contributed by atoms with Crippen LogP contribution in [0.2, 0.25) is 10.0 Å². The highest BCUT2D eigenvalue weighted by atomic mass is 35.5. The normalized spacial score (nSPS) is 16.4. The Bertz CT molecular complexity index is 1260. The summed E-state index contributed by atoms with van der Waals surface area (Å²) in [5.41, 5.74) is 0.0689. The maximum atomic E-state index is 14.4. The number of aldehydes is 1. The number of amides is 1. The molecule has 1 N–H and O–H groups in total. The van der Waals surface area contributed by atoms with Crippen LogP contribution in [0.25, 0.3) is 11.1 Å². The summed E-state index contributed by atoms with van der Waals surface area (Å²) in [5, 5.41) is 3.78. The van der Waals surface area contributed by atoms with E-state index in [2.05, 4.69) is 5.32 Å². The maximum absolute atomic E-state index is 14.4. The predicted octanol–water partition coefficient (Wildman–Crippen LogP) is 5.45. The lowest BCUT2D eigenvalue weighted by atomic mass is 10.00. The standard InChI is InChI=1S/C25H22Cl2F3N3O2/c1-15-21(17-5-7-18(26)8-6-17)22(24(35)32-10-9-31-20(13-32)14-34)33(23(15)25(28,29)30)12-16-3-2-4-19(27)11-16/h2-8,11,14,20,31H,9-10,12-13H2,1H3. The molecule has 0 spiro atoms. The van der Waals surface area contributed by atoms with Crippen molar-refractivity contribution in [3.8, 4) is 11.1 Å². The van der Waals surface area contributed by atoms with Crippen molar-refractivity contribution in [3.05, 3.63) is 81.1 Å². The summed E-state index contributed by atoms with van der Waals surface area (Å²) in [5.74, 6) is -0.580. The molecule has 35 heavy (non-hydrogen) atoms. The molecule has 0 radical (unpaired) electrons. The summed E-state index contributed by atoms with van der Waals surface area (Å²) in [6, 6.07) is 12.2. The van der Waals surface area contributed by atoms with Crippen LogP contribution in [0, 0.1) is 6.92 Å². The molecule has 10 heteroatoms. The van der Waals surface area contributed by atoms with E-state index in [1.165, 1.54) is 11.8 Å². The first-order chi connectivity index (χ1) is 16.6. The third-order valence-electron chi connectivity index (χ3n) is 6.00. The van der Waals surface area contributed by atoms with E-state index in [9.17, 15) is 22.8 Å². The van der Waals surface area contributed by atoms with E-state index in [0.717, 1.165) is 4.57 Å². The first-order valence-electron chi connectivity index (χ1n) is 10.9. The monoisotopic (exact) mass is 523 g/mol. The molecule has 184 valence electrons. The third kappa shape index (κ3) is 5.24. The first-order valence-corrected chi connectivity index (χ1v) is 11.6. The average molecular weight is 524 g/mol. The molecular formula is C25H22Cl2F3N3O2. The number of carbonyl (C=O) groups is 2. The number of rotatable bonds is 5. The first kappa shape index (κ1) is 25.3. The molecule has 1 atom stereocenters. The van der Waals surface area contributed by atoms with E-state index in [1.54, 1.807) is 48.5 Å². The number of halogens is 5. The van der Waals surface area contributed by atoms with Gasteiger partial charge in [0.05, 0.1) is 6.04 Å². The zero-order chi connectivity index (χ0) is 25.3. The van der Waals surface area contributed by atoms with Gasteiger partial charge in [0.2, 0.25) is 0 Å². The number of hydrogen-bond acceptors (Lipinski definition) is 3. The number of nitrogens with one attached hydrogen (secondary N) is 1. The van der Waals surface area contributed by atoms with Crippen molar-refractivity contribution in [3.63, 3.8) is 0 Å². The fraction of sp³-hybridized carbons (Fsp3) is 0.280. The Labute approximate surface area is 210 Å². The second kappa shape index (κ2) is 10.0. The van der Waals surface area contributed by atoms with Crippen molar-refractivity contribution in [2.75, 3.05) is 19.6 Å². The van der Waals surface area contributed by atoms with Gasteiger partial charge in [0, 0.05) is 41.8 Å². The summed E-state index contributed by atoms with van der Waals surface area (Å²) < 4.78 is 44.3. The van der Waals surface area contributed by atoms with Crippen molar-refractivity contribution in [2.24, 2.45) is 0 Å². The second-order valence-corrected chi connectivity index (χ2v) is 9.24. The Hall–Kier alpha value is -2.81. The van der Waals surface area contributed by atoms with Gasteiger partial charge < -0.3 is 19.6 Å². The fourth-order valence-electron chi connectivity index (χ4n) is 4.48. The maximum Gasteiger partial charge on any atom is 0.431 e. The quantitative estimate of drug-likeness (QED) is 0.452. The Morgan fingerprint density at radius 2 is 1.86 bits per heavy atom. The number of piperazine rings is 1. The molecule has 0 aliphatic carbocycles. The molecule has 4 rings (SSSR count). The summed E-state index contributed by atoms with van der Waals surface area (Å²) >= 11 is 12.1. The van der Waals surface area contributed by atoms with Crippen LogP contribution in [-0.2, 0) is 17.5 Å². The summed E-state index contributed by atoms with van der Waals surface area (Å²) in [6.07, 6.45) is -4.03. The van der Waals surface area contributed by atoms with Crippen LogP contribution in [0.1, 0.15) is 27.3 Å². The molecule has 1 aliphatic rings. The molecule has 1 saturated heterocycles. The number of aromatic nitrogens is 1. The average Bonchev–Trinajstić information content (AvgIpc) is 3.11. The van der Waals surface area contributed by atoms with Gasteiger partial charge in [-0.2, -0.15) is 13.2 Å². The largest absolute Gasteiger partial charge is 0.431 e. The Balaban J connectivity index is 1.96. The highest BCUT2D eigenvalue weighted by Gasteiger charge is 2.42. The Kier molecular flexibility index (Phi) is 7.26. The molecular weight excluding hydrogens is 502 g/mol. The Morgan fingerprint density at radius 1 is 1.14 bits per heavy atom. The Morgan fingerprint density at radius 3 is 2.49 bits per heavy atom. The predicted molar refractivity (Wildman–Crippen MR) is 129 cm³/mol. The highest BCUT2D eigenvalue weighted by molar-refractivity contribution is 6.31. The van der Waals surface area contributed by atoms with E-state index < -0.39 is 23.8 Å². The van der Waals surface area contributed by atoms with Gasteiger partial charge in [-0.3, -0.25) is 4.79 Å². The molecule has 1 unspecified atom stereocenters. The van der Waals surface area contributed by atoms with Crippen LogP contribution in [-0.4, -0.2) is 47.3 Å². The van der Waals surface area contributed by atoms with Gasteiger partial charge in [-0.25, -0.2) is 0 Å². The second-order valence-electron chi connectivity index (χ2n) is 8.37. The van der Waals surface area contributed by atoms with Crippen LogP contribution < -0.4 is 5.32 Å². The minimum Gasteiger partial charge on any atom is -0.334 e. The van der Waals surface area contributed by atoms with E-state index in [0.29, 0.717) is 34.0 Å². The minimum atomic E-state index is -4.73. The zero-order valence-electron chi connectivity index (χ0n) is 18.7. The molecule has 3 aromatic rings. The SMILES string of the molecule is Cc1c(-c2ccc(Cl)cc2)c(C(=O)N2CCNC(C=O)C2)n(Cc2cccc(Cl)c2)c1C(F)(F)F. The molecule has 1 fully saturated rings. The van der Waals surface area contributed by atoms with Gasteiger partial charge in [-0.1, -0.05) is 47.5 Å². The van der Waals surface area contributed by atoms with Gasteiger partial charge >= 0.3 is 6.18 Å². The van der Waals surface area contributed by atoms with Crippen LogP contribution in [0.5, 0.6) is 0 Å². The molecule has 2 aromatic carbocycles. The lowest BCUT2D eigenvalue weighted by Gasteiger charge is -2.32. The van der Waals surface area contributed by atoms with E-state index in [4.69, 9.17) is 23.2 Å². The van der Waals surface area contributed by atoms with E-state index in [-0.39, 0.29) is 36.5 Å². The van der Waals surface area contributed by atoms with Gasteiger partial charge in [0.25, 0.3) is 5.91 Å². The van der Waals surface area contributed by atoms with E-state index >= 15 is 0 Å².